The van der Waals surface area contributed by atoms with E-state index in [9.17, 15) is 4.79 Å². The molecule has 1 heterocycles. The largest absolute Gasteiger partial charge is 0.465 e. The van der Waals surface area contributed by atoms with Crippen molar-refractivity contribution in [2.45, 2.75) is 0 Å². The van der Waals surface area contributed by atoms with Gasteiger partial charge in [0.1, 0.15) is 10.7 Å². The average Bonchev–Trinajstić information content (AvgIpc) is 2.58. The van der Waals surface area contributed by atoms with Crippen LogP contribution in [0.15, 0.2) is 15.4 Å². The van der Waals surface area contributed by atoms with Gasteiger partial charge < -0.3 is 4.74 Å². The lowest BCUT2D eigenvalue weighted by Gasteiger charge is -1.96. The third-order valence-electron chi connectivity index (χ3n) is 1.45. The van der Waals surface area contributed by atoms with E-state index in [2.05, 4.69) is 28.2 Å². The number of thiophene rings is 1. The number of hydrogen-bond donors (Lipinski definition) is 0. The molecule has 0 amide bonds. The summed E-state index contributed by atoms with van der Waals surface area (Å²) in [5.74, 6) is -0.437. The minimum absolute atomic E-state index is 0.380. The molecule has 13 heavy (non-hydrogen) atoms. The van der Waals surface area contributed by atoms with Crippen molar-refractivity contribution in [3.63, 3.8) is 0 Å². The van der Waals surface area contributed by atoms with E-state index in [0.717, 1.165) is 0 Å². The fourth-order valence-corrected chi connectivity index (χ4v) is 1.66. The third-order valence-corrected chi connectivity index (χ3v) is 2.35. The molecule has 0 fully saturated rings. The van der Waals surface area contributed by atoms with E-state index in [1.165, 1.54) is 18.4 Å². The summed E-state index contributed by atoms with van der Waals surface area (Å²) in [7, 11) is 1.31. The summed E-state index contributed by atoms with van der Waals surface area (Å²) in [5.41, 5.74) is 0.816. The van der Waals surface area contributed by atoms with Crippen LogP contribution in [0.25, 0.3) is 0 Å². The van der Waals surface area contributed by atoms with Gasteiger partial charge in [0.05, 0.1) is 12.7 Å². The van der Waals surface area contributed by atoms with Crippen LogP contribution in [0, 0.1) is 0 Å². The Labute approximate surface area is 79.6 Å². The molecular weight excluding hydrogens is 188 g/mol. The van der Waals surface area contributed by atoms with Gasteiger partial charge >= 0.3 is 5.97 Å². The van der Waals surface area contributed by atoms with Crippen molar-refractivity contribution in [3.05, 3.63) is 10.9 Å². The van der Waals surface area contributed by atoms with Gasteiger partial charge in [-0.05, 0) is 13.4 Å². The van der Waals surface area contributed by atoms with Crippen molar-refractivity contribution in [3.8, 4) is 0 Å². The van der Waals surface area contributed by atoms with Crippen LogP contribution in [0.5, 0.6) is 0 Å². The van der Waals surface area contributed by atoms with Crippen LogP contribution in [0.4, 0.5) is 10.7 Å². The van der Waals surface area contributed by atoms with Crippen molar-refractivity contribution in [1.82, 2.24) is 0 Å². The molecule has 4 nitrogen and oxygen atoms in total. The average molecular weight is 196 g/mol. The number of ether oxygens (including phenoxy) is 1. The van der Waals surface area contributed by atoms with E-state index < -0.39 is 5.97 Å². The van der Waals surface area contributed by atoms with Gasteiger partial charge in [0.25, 0.3) is 0 Å². The summed E-state index contributed by atoms with van der Waals surface area (Å²) in [4.78, 5) is 18.6. The Balaban J connectivity index is 3.22. The Morgan fingerprint density at radius 2 is 2.23 bits per heavy atom. The lowest BCUT2D eigenvalue weighted by Crippen LogP contribution is -1.98. The molecule has 0 unspecified atom stereocenters. The summed E-state index contributed by atoms with van der Waals surface area (Å²) >= 11 is 1.28. The first kappa shape index (κ1) is 9.60. The molecule has 5 heteroatoms. The zero-order valence-corrected chi connectivity index (χ0v) is 7.93. The van der Waals surface area contributed by atoms with E-state index in [1.807, 2.05) is 0 Å². The fraction of sp³-hybridized carbons (Fsp3) is 0.125. The molecule has 0 saturated heterocycles. The van der Waals surface area contributed by atoms with Gasteiger partial charge in [-0.1, -0.05) is 0 Å². The highest BCUT2D eigenvalue weighted by Gasteiger charge is 2.16. The standard InChI is InChI=1S/C8H8N2O2S/c1-9-6-5(8(11)12-3)4-13-7(6)10-2/h4H,1-2H2,3H3. The van der Waals surface area contributed by atoms with Crippen LogP contribution in [0.2, 0.25) is 0 Å². The summed E-state index contributed by atoms with van der Waals surface area (Å²) in [6.07, 6.45) is 0. The van der Waals surface area contributed by atoms with Crippen LogP contribution in [-0.4, -0.2) is 26.5 Å². The lowest BCUT2D eigenvalue weighted by atomic mass is 10.3. The Bertz CT molecular complexity index is 357. The molecule has 68 valence electrons. The van der Waals surface area contributed by atoms with Gasteiger partial charge in [0.15, 0.2) is 0 Å². The normalized spacial score (nSPS) is 9.31. The van der Waals surface area contributed by atoms with Crippen LogP contribution in [-0.2, 0) is 4.74 Å². The molecule has 0 atom stereocenters. The first-order valence-corrected chi connectivity index (χ1v) is 4.25. The number of methoxy groups -OCH3 is 1. The molecule has 0 N–H and O–H groups in total. The van der Waals surface area contributed by atoms with Gasteiger partial charge in [0.2, 0.25) is 0 Å². The number of esters is 1. The number of nitrogens with zero attached hydrogens (tertiary/aromatic N) is 2. The maximum Gasteiger partial charge on any atom is 0.341 e. The van der Waals surface area contributed by atoms with Gasteiger partial charge in [-0.3, -0.25) is 9.98 Å². The smallest absolute Gasteiger partial charge is 0.341 e. The van der Waals surface area contributed by atoms with Crippen LogP contribution >= 0.6 is 11.3 Å². The third kappa shape index (κ3) is 1.65. The zero-order chi connectivity index (χ0) is 9.84. The molecule has 0 aromatic carbocycles. The van der Waals surface area contributed by atoms with Crippen molar-refractivity contribution < 1.29 is 9.53 Å². The maximum absolute atomic E-state index is 11.2. The van der Waals surface area contributed by atoms with E-state index in [4.69, 9.17) is 0 Å². The van der Waals surface area contributed by atoms with E-state index in [1.54, 1.807) is 5.38 Å². The first-order chi connectivity index (χ1) is 6.24. The molecular formula is C8H8N2O2S. The second-order valence-corrected chi connectivity index (χ2v) is 2.97. The van der Waals surface area contributed by atoms with E-state index in [-0.39, 0.29) is 0 Å². The van der Waals surface area contributed by atoms with Crippen LogP contribution in [0.1, 0.15) is 10.4 Å². The Morgan fingerprint density at radius 1 is 1.54 bits per heavy atom. The minimum atomic E-state index is -0.437. The molecule has 0 spiro atoms. The number of rotatable bonds is 3. The number of carbonyl (C=O) groups is 1. The van der Waals surface area contributed by atoms with Gasteiger partial charge in [0, 0.05) is 5.38 Å². The molecule has 0 bridgehead atoms. The number of aliphatic imine (C=N–C) groups is 2. The van der Waals surface area contributed by atoms with Crippen molar-refractivity contribution in [1.29, 1.82) is 0 Å². The van der Waals surface area contributed by atoms with Gasteiger partial charge in [-0.2, -0.15) is 0 Å². The predicted octanol–water partition coefficient (Wildman–Crippen LogP) is 2.20. The summed E-state index contributed by atoms with van der Waals surface area (Å²) in [5, 5.41) is 2.20. The molecule has 0 aliphatic rings. The van der Waals surface area contributed by atoms with Crippen molar-refractivity contribution in [2.24, 2.45) is 9.98 Å². The maximum atomic E-state index is 11.2. The molecule has 0 radical (unpaired) electrons. The highest BCUT2D eigenvalue weighted by atomic mass is 32.1. The summed E-state index contributed by atoms with van der Waals surface area (Å²) < 4.78 is 4.55. The van der Waals surface area contributed by atoms with E-state index in [0.29, 0.717) is 16.3 Å². The molecule has 0 saturated carbocycles. The molecule has 0 aliphatic carbocycles. The lowest BCUT2D eigenvalue weighted by molar-refractivity contribution is 0.0602. The Hall–Kier alpha value is -1.49. The molecule has 0 aliphatic heterocycles. The molecule has 1 aromatic rings. The predicted molar refractivity (Wildman–Crippen MR) is 54.1 cm³/mol. The second kappa shape index (κ2) is 3.95. The zero-order valence-electron chi connectivity index (χ0n) is 7.11. The second-order valence-electron chi connectivity index (χ2n) is 2.11. The highest BCUT2D eigenvalue weighted by Crippen LogP contribution is 2.38. The molecule has 1 rings (SSSR count). The van der Waals surface area contributed by atoms with Gasteiger partial charge in [-0.25, -0.2) is 4.79 Å². The number of hydrogen-bond acceptors (Lipinski definition) is 5. The Kier molecular flexibility index (Phi) is 2.92. The number of carbonyl (C=O) groups excluding carboxylic acids is 1. The van der Waals surface area contributed by atoms with E-state index >= 15 is 0 Å². The Morgan fingerprint density at radius 3 is 2.69 bits per heavy atom. The van der Waals surface area contributed by atoms with Crippen LogP contribution < -0.4 is 0 Å². The fourth-order valence-electron chi connectivity index (χ4n) is 0.861. The minimum Gasteiger partial charge on any atom is -0.465 e. The topological polar surface area (TPSA) is 51.0 Å². The van der Waals surface area contributed by atoms with Gasteiger partial charge in [-0.15, -0.1) is 11.3 Å². The monoisotopic (exact) mass is 196 g/mol. The highest BCUT2D eigenvalue weighted by molar-refractivity contribution is 7.15. The SMILES string of the molecule is C=Nc1scc(C(=O)OC)c1N=C. The first-order valence-electron chi connectivity index (χ1n) is 3.37. The van der Waals surface area contributed by atoms with Crippen molar-refractivity contribution >= 4 is 41.4 Å². The van der Waals surface area contributed by atoms with Crippen LogP contribution in [0.3, 0.4) is 0 Å². The summed E-state index contributed by atoms with van der Waals surface area (Å²) in [6, 6.07) is 0. The quantitative estimate of drug-likeness (QED) is 0.549. The summed E-state index contributed by atoms with van der Waals surface area (Å²) in [6.45, 7) is 6.71. The molecule has 1 aromatic heterocycles. The van der Waals surface area contributed by atoms with Crippen molar-refractivity contribution in [2.75, 3.05) is 7.11 Å².